The molecule has 0 bridgehead atoms. The van der Waals surface area contributed by atoms with Crippen molar-refractivity contribution in [3.8, 4) is 0 Å². The Kier molecular flexibility index (Phi) is 4.90. The van der Waals surface area contributed by atoms with Gasteiger partial charge in [-0.25, -0.2) is 9.18 Å². The van der Waals surface area contributed by atoms with Crippen molar-refractivity contribution in [3.63, 3.8) is 0 Å². The van der Waals surface area contributed by atoms with Crippen molar-refractivity contribution in [2.45, 2.75) is 19.4 Å². The highest BCUT2D eigenvalue weighted by Crippen LogP contribution is 2.23. The molecular weight excluding hydrogens is 345 g/mol. The number of carbonyl (C=O) groups is 2. The number of rotatable bonds is 3. The minimum Gasteiger partial charge on any atom is -0.333 e. The summed E-state index contributed by atoms with van der Waals surface area (Å²) in [5.41, 5.74) is 1.97. The average molecular weight is 362 g/mol. The first-order valence-corrected chi connectivity index (χ1v) is 8.20. The summed E-state index contributed by atoms with van der Waals surface area (Å²) in [5, 5.41) is 6.02. The van der Waals surface area contributed by atoms with Crippen LogP contribution in [-0.2, 0) is 4.79 Å². The minimum atomic E-state index is -0.413. The highest BCUT2D eigenvalue weighted by Gasteiger charge is 2.31. The van der Waals surface area contributed by atoms with Gasteiger partial charge in [-0.05, 0) is 42.8 Å². The Morgan fingerprint density at radius 3 is 2.84 bits per heavy atom. The van der Waals surface area contributed by atoms with Crippen LogP contribution < -0.4 is 15.5 Å². The largest absolute Gasteiger partial charge is 0.333 e. The zero-order valence-electron chi connectivity index (χ0n) is 13.6. The van der Waals surface area contributed by atoms with Crippen LogP contribution in [0.25, 0.3) is 0 Å². The number of nitrogens with one attached hydrogen (secondary N) is 2. The smallest absolute Gasteiger partial charge is 0.319 e. The van der Waals surface area contributed by atoms with Crippen molar-refractivity contribution in [2.24, 2.45) is 0 Å². The van der Waals surface area contributed by atoms with E-state index < -0.39 is 11.8 Å². The Bertz CT molecular complexity index is 828. The Hall–Kier alpha value is -2.60. The molecule has 0 aliphatic carbocycles. The van der Waals surface area contributed by atoms with Crippen molar-refractivity contribution in [2.75, 3.05) is 16.8 Å². The second kappa shape index (κ2) is 7.11. The quantitative estimate of drug-likeness (QED) is 0.875. The van der Waals surface area contributed by atoms with E-state index in [0.29, 0.717) is 22.9 Å². The topological polar surface area (TPSA) is 61.4 Å². The van der Waals surface area contributed by atoms with E-state index in [2.05, 4.69) is 10.6 Å². The lowest BCUT2D eigenvalue weighted by Gasteiger charge is -2.18. The average Bonchev–Trinajstić information content (AvgIpc) is 2.91. The standard InChI is InChI=1S/C18H17ClFN3O2/c1-11-5-6-12(19)7-16(11)22-18(25)21-14-9-17(24)23(10-14)15-4-2-3-13(20)8-15/h2-8,14H,9-10H2,1H3,(H2,21,22,25)/t14-/m1/s1. The number of hydrogen-bond acceptors (Lipinski definition) is 2. The van der Waals surface area contributed by atoms with Crippen LogP contribution >= 0.6 is 11.6 Å². The highest BCUT2D eigenvalue weighted by molar-refractivity contribution is 6.31. The molecule has 25 heavy (non-hydrogen) atoms. The van der Waals surface area contributed by atoms with Crippen LogP contribution in [0.4, 0.5) is 20.6 Å². The number of carbonyl (C=O) groups excluding carboxylic acids is 2. The van der Waals surface area contributed by atoms with E-state index in [1.807, 2.05) is 13.0 Å². The molecule has 0 unspecified atom stereocenters. The number of benzene rings is 2. The maximum atomic E-state index is 13.3. The molecule has 1 saturated heterocycles. The molecule has 1 fully saturated rings. The number of halogens is 2. The van der Waals surface area contributed by atoms with Crippen LogP contribution in [0.2, 0.25) is 5.02 Å². The normalized spacial score (nSPS) is 16.8. The van der Waals surface area contributed by atoms with Crippen LogP contribution in [0, 0.1) is 12.7 Å². The number of aryl methyl sites for hydroxylation is 1. The predicted octanol–water partition coefficient (Wildman–Crippen LogP) is 3.71. The molecule has 130 valence electrons. The summed E-state index contributed by atoms with van der Waals surface area (Å²) in [6.07, 6.45) is 0.165. The van der Waals surface area contributed by atoms with Crippen LogP contribution in [-0.4, -0.2) is 24.5 Å². The van der Waals surface area contributed by atoms with Gasteiger partial charge in [-0.3, -0.25) is 4.79 Å². The third-order valence-electron chi connectivity index (χ3n) is 4.03. The summed E-state index contributed by atoms with van der Waals surface area (Å²) in [7, 11) is 0. The van der Waals surface area contributed by atoms with Gasteiger partial charge in [-0.15, -0.1) is 0 Å². The summed E-state index contributed by atoms with van der Waals surface area (Å²) < 4.78 is 13.3. The molecule has 0 saturated carbocycles. The highest BCUT2D eigenvalue weighted by atomic mass is 35.5. The van der Waals surface area contributed by atoms with Crippen molar-refractivity contribution in [1.29, 1.82) is 0 Å². The summed E-state index contributed by atoms with van der Waals surface area (Å²) in [6.45, 7) is 2.15. The van der Waals surface area contributed by atoms with Crippen LogP contribution in [0.5, 0.6) is 0 Å². The van der Waals surface area contributed by atoms with E-state index in [0.717, 1.165) is 5.56 Å². The number of urea groups is 1. The molecule has 2 aromatic carbocycles. The molecule has 3 rings (SSSR count). The summed E-state index contributed by atoms with van der Waals surface area (Å²) in [6, 6.07) is 10.3. The summed E-state index contributed by atoms with van der Waals surface area (Å²) in [4.78, 5) is 25.8. The number of nitrogens with zero attached hydrogens (tertiary/aromatic N) is 1. The molecule has 1 atom stereocenters. The lowest BCUT2D eigenvalue weighted by molar-refractivity contribution is -0.117. The van der Waals surface area contributed by atoms with Crippen molar-refractivity contribution in [1.82, 2.24) is 5.32 Å². The van der Waals surface area contributed by atoms with Gasteiger partial charge < -0.3 is 15.5 Å². The van der Waals surface area contributed by atoms with Crippen molar-refractivity contribution in [3.05, 3.63) is 58.9 Å². The molecule has 0 radical (unpaired) electrons. The van der Waals surface area contributed by atoms with E-state index in [1.165, 1.54) is 17.0 Å². The van der Waals surface area contributed by atoms with Gasteiger partial charge >= 0.3 is 6.03 Å². The molecule has 2 aromatic rings. The van der Waals surface area contributed by atoms with Gasteiger partial charge in [0.25, 0.3) is 0 Å². The van der Waals surface area contributed by atoms with Gasteiger partial charge in [0.2, 0.25) is 5.91 Å². The first-order chi connectivity index (χ1) is 11.9. The van der Waals surface area contributed by atoms with Gasteiger partial charge in [0, 0.05) is 29.4 Å². The monoisotopic (exact) mass is 361 g/mol. The van der Waals surface area contributed by atoms with Crippen LogP contribution in [0.15, 0.2) is 42.5 Å². The lowest BCUT2D eigenvalue weighted by atomic mass is 10.2. The molecular formula is C18H17ClFN3O2. The fourth-order valence-electron chi connectivity index (χ4n) is 2.77. The molecule has 1 heterocycles. The molecule has 1 aliphatic heterocycles. The Labute approximate surface area is 149 Å². The molecule has 2 N–H and O–H groups in total. The van der Waals surface area contributed by atoms with E-state index >= 15 is 0 Å². The first-order valence-electron chi connectivity index (χ1n) is 7.82. The van der Waals surface area contributed by atoms with Crippen LogP contribution in [0.1, 0.15) is 12.0 Å². The predicted molar refractivity (Wildman–Crippen MR) is 95.5 cm³/mol. The fourth-order valence-corrected chi connectivity index (χ4v) is 2.94. The fraction of sp³-hybridized carbons (Fsp3) is 0.222. The maximum Gasteiger partial charge on any atom is 0.319 e. The van der Waals surface area contributed by atoms with Crippen molar-refractivity contribution >= 4 is 34.9 Å². The zero-order chi connectivity index (χ0) is 18.0. The maximum absolute atomic E-state index is 13.3. The van der Waals surface area contributed by atoms with E-state index in [1.54, 1.807) is 24.3 Å². The van der Waals surface area contributed by atoms with Gasteiger partial charge in [-0.2, -0.15) is 0 Å². The molecule has 3 amide bonds. The second-order valence-electron chi connectivity index (χ2n) is 5.94. The number of anilines is 2. The molecule has 1 aliphatic rings. The van der Waals surface area contributed by atoms with E-state index in [-0.39, 0.29) is 18.4 Å². The third kappa shape index (κ3) is 4.09. The Morgan fingerprint density at radius 1 is 1.28 bits per heavy atom. The third-order valence-corrected chi connectivity index (χ3v) is 4.26. The van der Waals surface area contributed by atoms with Crippen LogP contribution in [0.3, 0.4) is 0 Å². The zero-order valence-corrected chi connectivity index (χ0v) is 14.3. The van der Waals surface area contributed by atoms with Gasteiger partial charge in [0.05, 0.1) is 6.04 Å². The summed E-state index contributed by atoms with van der Waals surface area (Å²) >= 11 is 5.94. The number of hydrogen-bond donors (Lipinski definition) is 2. The van der Waals surface area contributed by atoms with E-state index in [9.17, 15) is 14.0 Å². The molecule has 0 spiro atoms. The van der Waals surface area contributed by atoms with Gasteiger partial charge in [0.15, 0.2) is 0 Å². The van der Waals surface area contributed by atoms with Gasteiger partial charge in [0.1, 0.15) is 5.82 Å². The Morgan fingerprint density at radius 2 is 2.08 bits per heavy atom. The lowest BCUT2D eigenvalue weighted by Crippen LogP contribution is -2.39. The summed E-state index contributed by atoms with van der Waals surface area (Å²) in [5.74, 6) is -0.564. The SMILES string of the molecule is Cc1ccc(Cl)cc1NC(=O)N[C@@H]1CC(=O)N(c2cccc(F)c2)C1. The first kappa shape index (κ1) is 17.2. The van der Waals surface area contributed by atoms with Crippen molar-refractivity contribution < 1.29 is 14.0 Å². The minimum absolute atomic E-state index is 0.158. The molecule has 0 aromatic heterocycles. The molecule has 7 heteroatoms. The van der Waals surface area contributed by atoms with E-state index in [4.69, 9.17) is 11.6 Å². The molecule has 5 nitrogen and oxygen atoms in total. The Balaban J connectivity index is 1.63. The van der Waals surface area contributed by atoms with Gasteiger partial charge in [-0.1, -0.05) is 23.7 Å². The number of amides is 3. The second-order valence-corrected chi connectivity index (χ2v) is 6.38.